The Balaban J connectivity index is 0.000000336. The smallest absolute Gasteiger partial charge is 0.109 e. The molecule has 1 rings (SSSR count). The summed E-state index contributed by atoms with van der Waals surface area (Å²) < 4.78 is 9.52. The van der Waals surface area contributed by atoms with Crippen molar-refractivity contribution in [3.63, 3.8) is 0 Å². The Kier molecular flexibility index (Phi) is 8.55. The van der Waals surface area contributed by atoms with Gasteiger partial charge in [-0.3, -0.25) is 0 Å². The molecular weight excluding hydrogens is 200 g/mol. The van der Waals surface area contributed by atoms with Crippen LogP contribution in [0.3, 0.4) is 0 Å². The van der Waals surface area contributed by atoms with E-state index in [1.54, 1.807) is 13.2 Å². The second-order valence-electron chi connectivity index (χ2n) is 3.18. The predicted octanol–water partition coefficient (Wildman–Crippen LogP) is -0.692. The number of hydrogen-bond donors (Lipinski definition) is 3. The van der Waals surface area contributed by atoms with Crippen molar-refractivity contribution in [3.8, 4) is 0 Å². The first-order valence-corrected chi connectivity index (χ1v) is 4.85. The summed E-state index contributed by atoms with van der Waals surface area (Å²) in [5.74, 6) is 0. The van der Waals surface area contributed by atoms with Crippen LogP contribution in [-0.4, -0.2) is 60.6 Å². The minimum Gasteiger partial charge on any atom is -0.394 e. The number of ether oxygens (including phenoxy) is 2. The van der Waals surface area contributed by atoms with Crippen molar-refractivity contribution in [2.24, 2.45) is 0 Å². The number of methoxy groups -OCH3 is 1. The van der Waals surface area contributed by atoms with Crippen molar-refractivity contribution >= 4 is 0 Å². The Morgan fingerprint density at radius 2 is 2.20 bits per heavy atom. The third kappa shape index (κ3) is 5.86. The van der Waals surface area contributed by atoms with Crippen molar-refractivity contribution in [1.29, 1.82) is 0 Å². The lowest BCUT2D eigenvalue weighted by molar-refractivity contribution is -0.147. The average molecular weight is 220 g/mol. The van der Waals surface area contributed by atoms with Gasteiger partial charge >= 0.3 is 0 Å². The fraction of sp³-hybridized carbons (Fsp3) is 0.800. The fourth-order valence-corrected chi connectivity index (χ4v) is 1.14. The van der Waals surface area contributed by atoms with E-state index in [4.69, 9.17) is 20.1 Å². The molecule has 0 radical (unpaired) electrons. The molecule has 90 valence electrons. The number of aliphatic hydroxyl groups is 3. The van der Waals surface area contributed by atoms with E-state index in [9.17, 15) is 0 Å². The number of hydrogen-bond acceptors (Lipinski definition) is 5. The van der Waals surface area contributed by atoms with E-state index in [0.717, 1.165) is 0 Å². The molecule has 1 aliphatic rings. The molecule has 1 heterocycles. The zero-order chi connectivity index (χ0) is 11.7. The van der Waals surface area contributed by atoms with Crippen LogP contribution in [0.2, 0.25) is 0 Å². The van der Waals surface area contributed by atoms with Crippen molar-refractivity contribution < 1.29 is 24.8 Å². The van der Waals surface area contributed by atoms with Crippen molar-refractivity contribution in [3.05, 3.63) is 12.7 Å². The number of rotatable bonds is 3. The van der Waals surface area contributed by atoms with E-state index in [0.29, 0.717) is 19.6 Å². The second-order valence-corrected chi connectivity index (χ2v) is 3.18. The fourth-order valence-electron chi connectivity index (χ4n) is 1.14. The zero-order valence-corrected chi connectivity index (χ0v) is 9.00. The molecule has 0 saturated carbocycles. The molecule has 3 N–H and O–H groups in total. The molecule has 0 aromatic rings. The summed E-state index contributed by atoms with van der Waals surface area (Å²) in [6.07, 6.45) is -0.133. The Hall–Kier alpha value is -0.460. The highest BCUT2D eigenvalue weighted by Crippen LogP contribution is 2.13. The first-order valence-electron chi connectivity index (χ1n) is 4.85. The molecule has 0 aromatic carbocycles. The number of aliphatic hydroxyl groups excluding tert-OH is 3. The summed E-state index contributed by atoms with van der Waals surface area (Å²) in [5, 5.41) is 26.7. The van der Waals surface area contributed by atoms with Crippen LogP contribution < -0.4 is 0 Å². The van der Waals surface area contributed by atoms with Crippen LogP contribution >= 0.6 is 0 Å². The van der Waals surface area contributed by atoms with Gasteiger partial charge in [0, 0.05) is 13.7 Å². The van der Waals surface area contributed by atoms with Crippen LogP contribution in [0.1, 0.15) is 6.42 Å². The standard InChI is InChI=1S/C6H12O4.C4H8O/c7-3-5-6(9)4(8)1-2-10-5;1-3-4-5-2/h4-9H,1-3H2;3H,1,4H2,2H3. The average Bonchev–Trinajstić information content (AvgIpc) is 2.24. The van der Waals surface area contributed by atoms with Crippen LogP contribution in [-0.2, 0) is 9.47 Å². The summed E-state index contributed by atoms with van der Waals surface area (Å²) in [6.45, 7) is 4.25. The van der Waals surface area contributed by atoms with E-state index in [1.165, 1.54) is 0 Å². The largest absolute Gasteiger partial charge is 0.394 e. The van der Waals surface area contributed by atoms with E-state index in [-0.39, 0.29) is 6.61 Å². The normalized spacial score (nSPS) is 30.3. The monoisotopic (exact) mass is 220 g/mol. The van der Waals surface area contributed by atoms with Crippen molar-refractivity contribution in [2.75, 3.05) is 26.9 Å². The van der Waals surface area contributed by atoms with Gasteiger partial charge in [0.05, 0.1) is 19.3 Å². The molecule has 0 spiro atoms. The molecule has 0 amide bonds. The third-order valence-electron chi connectivity index (χ3n) is 1.99. The molecular formula is C10H20O5. The van der Waals surface area contributed by atoms with E-state index >= 15 is 0 Å². The molecule has 0 bridgehead atoms. The highest BCUT2D eigenvalue weighted by Gasteiger charge is 2.30. The van der Waals surface area contributed by atoms with Gasteiger partial charge in [-0.1, -0.05) is 6.08 Å². The Bertz CT molecular complexity index is 162. The van der Waals surface area contributed by atoms with E-state index in [2.05, 4.69) is 11.3 Å². The van der Waals surface area contributed by atoms with Gasteiger partial charge in [0.1, 0.15) is 12.2 Å². The first kappa shape index (κ1) is 14.5. The zero-order valence-electron chi connectivity index (χ0n) is 9.00. The van der Waals surface area contributed by atoms with Gasteiger partial charge in [0.15, 0.2) is 0 Å². The highest BCUT2D eigenvalue weighted by atomic mass is 16.5. The van der Waals surface area contributed by atoms with Gasteiger partial charge in [-0.25, -0.2) is 0 Å². The van der Waals surface area contributed by atoms with E-state index in [1.807, 2.05) is 0 Å². The molecule has 3 atom stereocenters. The maximum atomic E-state index is 9.10. The van der Waals surface area contributed by atoms with E-state index < -0.39 is 18.3 Å². The SMILES string of the molecule is C=CCOC.OCC1OCCC(O)C1O. The highest BCUT2D eigenvalue weighted by molar-refractivity contribution is 4.79. The first-order chi connectivity index (χ1) is 7.17. The van der Waals surface area contributed by atoms with Gasteiger partial charge in [0.2, 0.25) is 0 Å². The van der Waals surface area contributed by atoms with Gasteiger partial charge in [-0.15, -0.1) is 6.58 Å². The quantitative estimate of drug-likeness (QED) is 0.549. The second kappa shape index (κ2) is 8.82. The molecule has 1 fully saturated rings. The van der Waals surface area contributed by atoms with Gasteiger partial charge in [-0.2, -0.15) is 0 Å². The lowest BCUT2D eigenvalue weighted by atomic mass is 10.0. The molecule has 15 heavy (non-hydrogen) atoms. The summed E-state index contributed by atoms with van der Waals surface area (Å²) in [5.41, 5.74) is 0. The minimum atomic E-state index is -0.932. The Morgan fingerprint density at radius 1 is 1.53 bits per heavy atom. The van der Waals surface area contributed by atoms with Crippen molar-refractivity contribution in [1.82, 2.24) is 0 Å². The Morgan fingerprint density at radius 3 is 2.53 bits per heavy atom. The maximum Gasteiger partial charge on any atom is 0.109 e. The topological polar surface area (TPSA) is 79.2 Å². The summed E-state index contributed by atoms with van der Waals surface area (Å²) >= 11 is 0. The lowest BCUT2D eigenvalue weighted by Crippen LogP contribution is -2.46. The summed E-state index contributed by atoms with van der Waals surface area (Å²) in [7, 11) is 1.64. The Labute approximate surface area is 89.9 Å². The summed E-state index contributed by atoms with van der Waals surface area (Å²) in [6, 6.07) is 0. The van der Waals surface area contributed by atoms with Crippen LogP contribution in [0.4, 0.5) is 0 Å². The maximum absolute atomic E-state index is 9.10. The predicted molar refractivity (Wildman–Crippen MR) is 55.5 cm³/mol. The van der Waals surface area contributed by atoms with Crippen LogP contribution in [0, 0.1) is 0 Å². The van der Waals surface area contributed by atoms with Crippen molar-refractivity contribution in [2.45, 2.75) is 24.7 Å². The van der Waals surface area contributed by atoms with Gasteiger partial charge < -0.3 is 24.8 Å². The molecule has 3 unspecified atom stereocenters. The molecule has 0 aromatic heterocycles. The molecule has 1 aliphatic heterocycles. The lowest BCUT2D eigenvalue weighted by Gasteiger charge is -2.30. The third-order valence-corrected chi connectivity index (χ3v) is 1.99. The van der Waals surface area contributed by atoms with Crippen LogP contribution in [0.15, 0.2) is 12.7 Å². The van der Waals surface area contributed by atoms with Crippen LogP contribution in [0.5, 0.6) is 0 Å². The molecule has 5 heteroatoms. The van der Waals surface area contributed by atoms with Crippen LogP contribution in [0.25, 0.3) is 0 Å². The van der Waals surface area contributed by atoms with Gasteiger partial charge in [-0.05, 0) is 6.42 Å². The molecule has 1 saturated heterocycles. The van der Waals surface area contributed by atoms with Gasteiger partial charge in [0.25, 0.3) is 0 Å². The molecule has 0 aliphatic carbocycles. The summed E-state index contributed by atoms with van der Waals surface area (Å²) in [4.78, 5) is 0. The molecule has 5 nitrogen and oxygen atoms in total. The minimum absolute atomic E-state index is 0.238.